The number of ether oxygens (including phenoxy) is 6. The van der Waals surface area contributed by atoms with Crippen LogP contribution in [0.25, 0.3) is 0 Å². The molecule has 15 nitrogen and oxygen atoms in total. The molecule has 82 heavy (non-hydrogen) atoms. The smallest absolute Gasteiger partial charge is 0.330 e. The van der Waals surface area contributed by atoms with Gasteiger partial charge in [-0.25, -0.2) is 14.4 Å². The molecule has 0 amide bonds. The molecule has 3 N–H and O–H groups in total. The number of hydrogen-bond acceptors (Lipinski definition) is 15. The minimum absolute atomic E-state index is 0.106. The van der Waals surface area contributed by atoms with Crippen LogP contribution in [0, 0.1) is 0 Å². The summed E-state index contributed by atoms with van der Waals surface area (Å²) in [4.78, 5) is 75.1. The summed E-state index contributed by atoms with van der Waals surface area (Å²) < 4.78 is 33.2. The summed E-state index contributed by atoms with van der Waals surface area (Å²) in [6.07, 6.45) is 35.8. The molecule has 474 valence electrons. The minimum atomic E-state index is -1.10. The van der Waals surface area contributed by atoms with Crippen LogP contribution < -0.4 is 0 Å². The zero-order chi connectivity index (χ0) is 60.7. The number of rotatable bonds is 59. The molecule has 7 atom stereocenters. The second-order valence-electron chi connectivity index (χ2n) is 22.3. The maximum atomic E-state index is 13.0. The predicted octanol–water partition coefficient (Wildman–Crippen LogP) is 15.0. The zero-order valence-electron chi connectivity index (χ0n) is 51.7. The van der Waals surface area contributed by atoms with Crippen LogP contribution in [0.3, 0.4) is 0 Å². The van der Waals surface area contributed by atoms with Gasteiger partial charge in [0.25, 0.3) is 0 Å². The van der Waals surface area contributed by atoms with Crippen LogP contribution in [0.15, 0.2) is 50.1 Å². The van der Waals surface area contributed by atoms with Crippen LogP contribution in [0.1, 0.15) is 284 Å². The molecule has 0 saturated carbocycles. The van der Waals surface area contributed by atoms with Gasteiger partial charge in [-0.15, -0.1) is 0 Å². The fourth-order valence-corrected chi connectivity index (χ4v) is 9.71. The molecule has 0 radical (unpaired) electrons. The number of hydrogen-bond donors (Lipinski definition) is 3. The number of allylic oxidation sites excluding steroid dienone is 2. The molecule has 0 aromatic heterocycles. The van der Waals surface area contributed by atoms with Gasteiger partial charge in [-0.2, -0.15) is 0 Å². The Balaban J connectivity index is 5.13. The van der Waals surface area contributed by atoms with E-state index in [4.69, 9.17) is 28.4 Å². The Hall–Kier alpha value is -4.34. The first kappa shape index (κ1) is 77.7. The Kier molecular flexibility index (Phi) is 52.9. The van der Waals surface area contributed by atoms with Crippen molar-refractivity contribution in [1.82, 2.24) is 0 Å². The number of carbonyl (C=O) groups excluding carboxylic acids is 6. The lowest BCUT2D eigenvalue weighted by Gasteiger charge is -2.29. The molecular weight excluding hydrogens is 1040 g/mol. The van der Waals surface area contributed by atoms with Crippen LogP contribution in [0.5, 0.6) is 0 Å². The molecular formula is C67H116O15. The largest absolute Gasteiger partial charge is 0.462 e. The van der Waals surface area contributed by atoms with Crippen molar-refractivity contribution in [3.63, 3.8) is 0 Å². The van der Waals surface area contributed by atoms with E-state index in [0.717, 1.165) is 121 Å². The van der Waals surface area contributed by atoms with Crippen molar-refractivity contribution in [3.05, 3.63) is 50.1 Å². The van der Waals surface area contributed by atoms with E-state index in [2.05, 4.69) is 45.7 Å². The Labute approximate surface area is 496 Å². The monoisotopic (exact) mass is 1160 g/mol. The Morgan fingerprint density at radius 2 is 0.646 bits per heavy atom. The van der Waals surface area contributed by atoms with Gasteiger partial charge in [-0.3, -0.25) is 14.4 Å². The van der Waals surface area contributed by atoms with Gasteiger partial charge in [-0.05, 0) is 77.0 Å². The lowest BCUT2D eigenvalue weighted by molar-refractivity contribution is -0.167. The Bertz CT molecular complexity index is 1680. The Morgan fingerprint density at radius 1 is 0.354 bits per heavy atom. The highest BCUT2D eigenvalue weighted by Gasteiger charge is 2.32. The standard InChI is InChI=1S/C67H116O15/c1-7-13-16-18-20-21-22-23-24-25-26-27-28-29-35-44-51-67(76)79-55(54-78-66(75)50-43-37-31-34-41-48-59(80-62(71)10-4)56(68)46-39-32-19-17-14-8-2)53-77-65(74)49-42-36-30-33-40-47-58(70)61(82-64(73)12-6)52-60(81-63(72)11-5)57(69)45-38-15-9-3/h10-12,24-25,55-61,68-70H,4-9,13-23,26-54H2,1-3H3/b25-24-. The van der Waals surface area contributed by atoms with Crippen molar-refractivity contribution in [1.29, 1.82) is 0 Å². The first-order chi connectivity index (χ1) is 39.7. The SMILES string of the molecule is C=CC(=O)OC(CCCCCCCC(=O)OCC(COC(=O)CCCCCCCC(O)C(CC(OC(=O)C=C)C(O)CCCCC)OC(=O)C=C)OC(=O)CCCCCCC/C=C\CCCCCCCCC)C(O)CCCCCCCC. The highest BCUT2D eigenvalue weighted by molar-refractivity contribution is 5.82. The molecule has 0 aliphatic heterocycles. The summed E-state index contributed by atoms with van der Waals surface area (Å²) in [5, 5.41) is 32.8. The van der Waals surface area contributed by atoms with Gasteiger partial charge in [0, 0.05) is 43.9 Å². The third-order valence-corrected chi connectivity index (χ3v) is 14.8. The second-order valence-corrected chi connectivity index (χ2v) is 22.3. The number of esters is 6. The molecule has 0 aliphatic carbocycles. The summed E-state index contributed by atoms with van der Waals surface area (Å²) in [5.74, 6) is -3.36. The summed E-state index contributed by atoms with van der Waals surface area (Å²) in [6, 6.07) is 0. The molecule has 0 aliphatic rings. The minimum Gasteiger partial charge on any atom is -0.462 e. The molecule has 7 unspecified atom stereocenters. The van der Waals surface area contributed by atoms with Crippen molar-refractivity contribution < 1.29 is 72.5 Å². The van der Waals surface area contributed by atoms with Gasteiger partial charge in [0.05, 0.1) is 18.3 Å². The maximum absolute atomic E-state index is 13.0. The molecule has 0 heterocycles. The van der Waals surface area contributed by atoms with Crippen LogP contribution in [-0.4, -0.2) is 107 Å². The highest BCUT2D eigenvalue weighted by Crippen LogP contribution is 2.23. The van der Waals surface area contributed by atoms with E-state index in [9.17, 15) is 44.1 Å². The number of unbranched alkanes of at least 4 members (excludes halogenated alkanes) is 27. The van der Waals surface area contributed by atoms with Crippen molar-refractivity contribution in [2.45, 2.75) is 327 Å². The predicted molar refractivity (Wildman–Crippen MR) is 326 cm³/mol. The molecule has 15 heteroatoms. The van der Waals surface area contributed by atoms with Gasteiger partial charge in [-0.1, -0.05) is 213 Å². The lowest BCUT2D eigenvalue weighted by atomic mass is 9.96. The van der Waals surface area contributed by atoms with Gasteiger partial charge in [0.15, 0.2) is 6.10 Å². The normalized spacial score (nSPS) is 13.9. The van der Waals surface area contributed by atoms with Crippen LogP contribution in [0.2, 0.25) is 0 Å². The molecule has 0 rings (SSSR count). The van der Waals surface area contributed by atoms with Crippen molar-refractivity contribution >= 4 is 35.8 Å². The number of aliphatic hydroxyl groups excluding tert-OH is 3. The maximum Gasteiger partial charge on any atom is 0.330 e. The highest BCUT2D eigenvalue weighted by atomic mass is 16.6. The topological polar surface area (TPSA) is 218 Å². The van der Waals surface area contributed by atoms with Crippen molar-refractivity contribution in [3.8, 4) is 0 Å². The van der Waals surface area contributed by atoms with Crippen LogP contribution in [0.4, 0.5) is 0 Å². The van der Waals surface area contributed by atoms with Gasteiger partial charge in [0.2, 0.25) is 0 Å². The first-order valence-electron chi connectivity index (χ1n) is 32.4. The lowest BCUT2D eigenvalue weighted by Crippen LogP contribution is -2.40. The molecule has 0 aromatic rings. The summed E-state index contributed by atoms with van der Waals surface area (Å²) >= 11 is 0. The van der Waals surface area contributed by atoms with E-state index in [-0.39, 0.29) is 45.3 Å². The Morgan fingerprint density at radius 3 is 1.04 bits per heavy atom. The molecule has 0 aromatic carbocycles. The van der Waals surface area contributed by atoms with Crippen LogP contribution >= 0.6 is 0 Å². The van der Waals surface area contributed by atoms with E-state index in [1.54, 1.807) is 0 Å². The fraction of sp³-hybridized carbons (Fsp3) is 0.791. The summed E-state index contributed by atoms with van der Waals surface area (Å²) in [7, 11) is 0. The van der Waals surface area contributed by atoms with E-state index < -0.39 is 78.5 Å². The zero-order valence-corrected chi connectivity index (χ0v) is 51.7. The molecule has 0 bridgehead atoms. The molecule has 0 saturated heterocycles. The summed E-state index contributed by atoms with van der Waals surface area (Å²) in [6.45, 7) is 16.3. The second kappa shape index (κ2) is 55.8. The van der Waals surface area contributed by atoms with Crippen LogP contribution in [-0.2, 0) is 57.2 Å². The van der Waals surface area contributed by atoms with Gasteiger partial charge < -0.3 is 43.7 Å². The molecule has 0 fully saturated rings. The third-order valence-electron chi connectivity index (χ3n) is 14.8. The fourth-order valence-electron chi connectivity index (χ4n) is 9.71. The van der Waals surface area contributed by atoms with Gasteiger partial charge >= 0.3 is 35.8 Å². The van der Waals surface area contributed by atoms with E-state index in [1.165, 1.54) is 64.2 Å². The molecule has 0 spiro atoms. The average molecular weight is 1160 g/mol. The van der Waals surface area contributed by atoms with E-state index >= 15 is 0 Å². The first-order valence-corrected chi connectivity index (χ1v) is 32.4. The third kappa shape index (κ3) is 47.1. The average Bonchev–Trinajstić information content (AvgIpc) is 3.50. The van der Waals surface area contributed by atoms with Crippen molar-refractivity contribution in [2.24, 2.45) is 0 Å². The quantitative estimate of drug-likeness (QED) is 0.0170. The van der Waals surface area contributed by atoms with Gasteiger partial charge in [0.1, 0.15) is 31.5 Å². The number of aliphatic hydroxyl groups is 3. The number of carbonyl (C=O) groups is 6. The van der Waals surface area contributed by atoms with E-state index in [0.29, 0.717) is 64.2 Å². The van der Waals surface area contributed by atoms with E-state index in [1.807, 2.05) is 6.92 Å². The van der Waals surface area contributed by atoms with Crippen molar-refractivity contribution in [2.75, 3.05) is 13.2 Å². The summed E-state index contributed by atoms with van der Waals surface area (Å²) in [5.41, 5.74) is 0.